The van der Waals surface area contributed by atoms with Gasteiger partial charge >= 0.3 is 0 Å². The van der Waals surface area contributed by atoms with Crippen molar-refractivity contribution in [2.24, 2.45) is 23.2 Å². The normalized spacial score (nSPS) is 37.7. The Balaban J connectivity index is 1.45. The van der Waals surface area contributed by atoms with E-state index in [2.05, 4.69) is 47.9 Å². The first-order chi connectivity index (χ1) is 17.3. The van der Waals surface area contributed by atoms with E-state index in [0.717, 1.165) is 84.5 Å². The van der Waals surface area contributed by atoms with Crippen LogP contribution in [0.1, 0.15) is 58.3 Å². The van der Waals surface area contributed by atoms with Gasteiger partial charge < -0.3 is 10.2 Å². The van der Waals surface area contributed by atoms with E-state index in [0.29, 0.717) is 43.6 Å². The highest BCUT2D eigenvalue weighted by Crippen LogP contribution is 2.49. The van der Waals surface area contributed by atoms with Crippen LogP contribution >= 0.6 is 0 Å². The van der Waals surface area contributed by atoms with E-state index in [4.69, 9.17) is 0 Å². The van der Waals surface area contributed by atoms with Crippen molar-refractivity contribution in [3.8, 4) is 0 Å². The minimum Gasteiger partial charge on any atom is -0.356 e. The summed E-state index contributed by atoms with van der Waals surface area (Å²) in [5, 5.41) is 3.05. The Labute approximate surface area is 218 Å². The zero-order valence-corrected chi connectivity index (χ0v) is 22.6. The maximum absolute atomic E-state index is 12.7. The first-order valence-corrected chi connectivity index (χ1v) is 14.3. The Hall–Kier alpha value is -1.92. The van der Waals surface area contributed by atoms with Gasteiger partial charge in [0.25, 0.3) is 0 Å². The van der Waals surface area contributed by atoms with Gasteiger partial charge in [0.15, 0.2) is 0 Å². The molecule has 2 amide bonds. The predicted molar refractivity (Wildman–Crippen MR) is 146 cm³/mol. The average Bonchev–Trinajstić information content (AvgIpc) is 2.87. The van der Waals surface area contributed by atoms with Gasteiger partial charge in [-0.2, -0.15) is 0 Å². The Morgan fingerprint density at radius 3 is 2.31 bits per heavy atom. The first-order valence-electron chi connectivity index (χ1n) is 14.3. The van der Waals surface area contributed by atoms with Crippen LogP contribution in [0.5, 0.6) is 0 Å². The van der Waals surface area contributed by atoms with E-state index in [1.54, 1.807) is 0 Å². The van der Waals surface area contributed by atoms with Gasteiger partial charge in [0.1, 0.15) is 0 Å². The molecule has 200 valence electrons. The van der Waals surface area contributed by atoms with Crippen LogP contribution in [-0.2, 0) is 9.59 Å². The summed E-state index contributed by atoms with van der Waals surface area (Å²) in [5.41, 5.74) is 2.77. The topological polar surface area (TPSA) is 55.9 Å². The Kier molecular flexibility index (Phi) is 9.10. The standard InChI is InChI=1S/C30H48N4O2/c1-5-30(4)11-8-26-20-27(30)24(3)22-32-13-9-25(10-14-32)19-28(35)31-12-6-7-29(36)34-17-15-33(16-18-34)21-23(26)2/h5,25-27H,1-3,6-22H2,4H3,(H,31,35)/t26-,27+,30-/m1/s1. The summed E-state index contributed by atoms with van der Waals surface area (Å²) in [6.45, 7) is 23.7. The predicted octanol–water partition coefficient (Wildman–Crippen LogP) is 3.86. The number of piperidine rings is 1. The molecule has 0 aromatic carbocycles. The molecule has 0 aromatic rings. The number of carbonyl (C=O) groups is 2. The molecule has 0 unspecified atom stereocenters. The lowest BCUT2D eigenvalue weighted by Crippen LogP contribution is -2.49. The summed E-state index contributed by atoms with van der Waals surface area (Å²) in [7, 11) is 0. The third kappa shape index (κ3) is 6.69. The van der Waals surface area contributed by atoms with Crippen molar-refractivity contribution in [3.63, 3.8) is 0 Å². The summed E-state index contributed by atoms with van der Waals surface area (Å²) in [4.78, 5) is 32.2. The van der Waals surface area contributed by atoms with Gasteiger partial charge in [-0.3, -0.25) is 19.4 Å². The maximum Gasteiger partial charge on any atom is 0.222 e. The fourth-order valence-corrected chi connectivity index (χ4v) is 6.86. The number of rotatable bonds is 1. The van der Waals surface area contributed by atoms with Crippen molar-refractivity contribution in [2.45, 2.75) is 58.3 Å². The molecule has 0 radical (unpaired) electrons. The molecule has 6 aliphatic heterocycles. The quantitative estimate of drug-likeness (QED) is 0.560. The van der Waals surface area contributed by atoms with Crippen LogP contribution in [0.15, 0.2) is 37.0 Å². The van der Waals surface area contributed by atoms with Crippen molar-refractivity contribution in [1.29, 1.82) is 0 Å². The second-order valence-corrected chi connectivity index (χ2v) is 12.1. The molecule has 7 rings (SSSR count). The molecule has 1 N–H and O–H groups in total. The third-order valence-corrected chi connectivity index (χ3v) is 9.53. The molecule has 1 aliphatic carbocycles. The van der Waals surface area contributed by atoms with Gasteiger partial charge in [-0.05, 0) is 74.8 Å². The number of allylic oxidation sites excluding steroid dienone is 1. The van der Waals surface area contributed by atoms with E-state index in [1.165, 1.54) is 11.1 Å². The van der Waals surface area contributed by atoms with E-state index in [1.807, 2.05) is 4.90 Å². The molecular weight excluding hydrogens is 448 g/mol. The number of nitrogens with one attached hydrogen (secondary N) is 1. The Bertz CT molecular complexity index is 838. The lowest BCUT2D eigenvalue weighted by atomic mass is 9.61. The molecule has 1 saturated carbocycles. The number of amides is 2. The largest absolute Gasteiger partial charge is 0.356 e. The van der Waals surface area contributed by atoms with Crippen LogP contribution in [-0.4, -0.2) is 85.4 Å². The molecular formula is C30H48N4O2. The zero-order chi connectivity index (χ0) is 25.7. The summed E-state index contributed by atoms with van der Waals surface area (Å²) in [6.07, 6.45) is 9.53. The highest BCUT2D eigenvalue weighted by Gasteiger charge is 2.40. The average molecular weight is 497 g/mol. The number of nitrogens with zero attached hydrogens (tertiary/aromatic N) is 3. The highest BCUT2D eigenvalue weighted by atomic mass is 16.2. The van der Waals surface area contributed by atoms with Crippen molar-refractivity contribution >= 4 is 11.8 Å². The fourth-order valence-electron chi connectivity index (χ4n) is 6.86. The highest BCUT2D eigenvalue weighted by molar-refractivity contribution is 5.77. The van der Waals surface area contributed by atoms with Crippen molar-refractivity contribution in [3.05, 3.63) is 37.0 Å². The third-order valence-electron chi connectivity index (χ3n) is 9.53. The van der Waals surface area contributed by atoms with E-state index in [9.17, 15) is 9.59 Å². The SMILES string of the molecule is C=C[C@]1(C)CC[C@@H]2C[C@H]1C(=C)CN1CCC(CC1)CC(=O)NCCCC(=O)N1CCN(CC1)CC2=C. The second-order valence-electron chi connectivity index (χ2n) is 12.1. The minimum absolute atomic E-state index is 0.0873. The maximum atomic E-state index is 12.7. The van der Waals surface area contributed by atoms with Crippen LogP contribution in [0.25, 0.3) is 0 Å². The van der Waals surface area contributed by atoms with Crippen molar-refractivity contribution < 1.29 is 9.59 Å². The molecule has 6 nitrogen and oxygen atoms in total. The number of piperazine rings is 1. The summed E-state index contributed by atoms with van der Waals surface area (Å²) in [5.74, 6) is 1.74. The van der Waals surface area contributed by atoms with Gasteiger partial charge in [-0.25, -0.2) is 0 Å². The van der Waals surface area contributed by atoms with Crippen molar-refractivity contribution in [2.75, 3.05) is 58.9 Å². The minimum atomic E-state index is 0.0873. The molecule has 6 heteroatoms. The molecule has 3 atom stereocenters. The molecule has 0 spiro atoms. The van der Waals surface area contributed by atoms with Gasteiger partial charge in [-0.1, -0.05) is 37.3 Å². The summed E-state index contributed by atoms with van der Waals surface area (Å²) < 4.78 is 0. The van der Waals surface area contributed by atoms with E-state index >= 15 is 0 Å². The van der Waals surface area contributed by atoms with E-state index < -0.39 is 0 Å². The summed E-state index contributed by atoms with van der Waals surface area (Å²) >= 11 is 0. The lowest BCUT2D eigenvalue weighted by molar-refractivity contribution is -0.133. The van der Waals surface area contributed by atoms with Crippen LogP contribution < -0.4 is 5.32 Å². The van der Waals surface area contributed by atoms with Crippen LogP contribution in [0.2, 0.25) is 0 Å². The van der Waals surface area contributed by atoms with Gasteiger partial charge in [0, 0.05) is 58.7 Å². The molecule has 7 aliphatic rings. The Morgan fingerprint density at radius 2 is 1.61 bits per heavy atom. The zero-order valence-electron chi connectivity index (χ0n) is 22.6. The summed E-state index contributed by atoms with van der Waals surface area (Å²) in [6, 6.07) is 0. The molecule has 7 fully saturated rings. The monoisotopic (exact) mass is 496 g/mol. The van der Waals surface area contributed by atoms with E-state index in [-0.39, 0.29) is 17.2 Å². The molecule has 6 heterocycles. The Morgan fingerprint density at radius 1 is 0.944 bits per heavy atom. The van der Waals surface area contributed by atoms with Gasteiger partial charge in [0.05, 0.1) is 0 Å². The van der Waals surface area contributed by atoms with Crippen molar-refractivity contribution in [1.82, 2.24) is 20.0 Å². The molecule has 36 heavy (non-hydrogen) atoms. The molecule has 6 saturated heterocycles. The number of hydrogen-bond acceptors (Lipinski definition) is 4. The second kappa shape index (κ2) is 12.1. The number of carbonyl (C=O) groups excluding carboxylic acids is 2. The fraction of sp³-hybridized carbons (Fsp3) is 0.733. The van der Waals surface area contributed by atoms with Crippen LogP contribution in [0.4, 0.5) is 0 Å². The smallest absolute Gasteiger partial charge is 0.222 e. The van der Waals surface area contributed by atoms with Gasteiger partial charge in [0.2, 0.25) is 11.8 Å². The molecule has 6 bridgehead atoms. The van der Waals surface area contributed by atoms with Gasteiger partial charge in [-0.15, -0.1) is 6.58 Å². The molecule has 0 aromatic heterocycles. The lowest BCUT2D eigenvalue weighted by Gasteiger charge is -2.46. The van der Waals surface area contributed by atoms with Crippen LogP contribution in [0.3, 0.4) is 0 Å². The first kappa shape index (κ1) is 27.1. The van der Waals surface area contributed by atoms with Crippen LogP contribution in [0, 0.1) is 23.2 Å². The number of hydrogen-bond donors (Lipinski definition) is 1.